The van der Waals surface area contributed by atoms with E-state index in [1.807, 2.05) is 30.3 Å². The van der Waals surface area contributed by atoms with Crippen LogP contribution in [0, 0.1) is 6.07 Å². The molecule has 2 heterocycles. The van der Waals surface area contributed by atoms with Gasteiger partial charge in [0.1, 0.15) is 5.76 Å². The molecule has 0 aliphatic rings. The normalized spacial score (nSPS) is 10.1. The van der Waals surface area contributed by atoms with Crippen molar-refractivity contribution < 1.29 is 21.6 Å². The van der Waals surface area contributed by atoms with Crippen molar-refractivity contribution in [3.63, 3.8) is 0 Å². The van der Waals surface area contributed by atoms with Gasteiger partial charge in [-0.25, -0.2) is 0 Å². The first-order chi connectivity index (χ1) is 10.4. The number of hydrogen-bond donors (Lipinski definition) is 0. The Kier molecular flexibility index (Phi) is 7.36. The number of hydrogen-bond acceptors (Lipinski definition) is 2. The molecule has 0 spiro atoms. The summed E-state index contributed by atoms with van der Waals surface area (Å²) >= 11 is 8.21. The van der Waals surface area contributed by atoms with Crippen LogP contribution in [0.1, 0.15) is 5.76 Å². The predicted octanol–water partition coefficient (Wildman–Crippen LogP) is 5.87. The summed E-state index contributed by atoms with van der Waals surface area (Å²) in [6.07, 6.45) is 2.53. The van der Waals surface area contributed by atoms with Crippen LogP contribution in [0.25, 0.3) is 22.6 Å². The van der Waals surface area contributed by atoms with Crippen molar-refractivity contribution in [3.05, 3.63) is 60.6 Å². The van der Waals surface area contributed by atoms with Crippen LogP contribution < -0.4 is 0 Å². The van der Waals surface area contributed by atoms with E-state index < -0.39 is 0 Å². The summed E-state index contributed by atoms with van der Waals surface area (Å²) in [5, 5.41) is 0. The van der Waals surface area contributed by atoms with Crippen molar-refractivity contribution in [2.75, 3.05) is 4.43 Å². The number of benzene rings is 1. The molecule has 0 radical (unpaired) electrons. The van der Waals surface area contributed by atoms with E-state index in [0.29, 0.717) is 0 Å². The predicted molar refractivity (Wildman–Crippen MR) is 97.3 cm³/mol. The fraction of sp³-hybridized carbons (Fsp3) is 0.125. The van der Waals surface area contributed by atoms with Gasteiger partial charge in [-0.2, -0.15) is 0 Å². The molecule has 0 atom stereocenters. The topological polar surface area (TPSA) is 26.3 Å². The van der Waals surface area contributed by atoms with Crippen LogP contribution in [0.3, 0.4) is 0 Å². The van der Waals surface area contributed by atoms with E-state index in [0.717, 1.165) is 39.3 Å². The number of rotatable bonds is 4. The molecule has 0 aliphatic heterocycles. The quantitative estimate of drug-likeness (QED) is 0.175. The Morgan fingerprint density at radius 2 is 1.81 bits per heavy atom. The first kappa shape index (κ1) is 17.1. The summed E-state index contributed by atoms with van der Waals surface area (Å²) in [5.74, 6) is 2.38. The molecule has 3 aromatic rings. The Bertz CT molecular complexity index is 648. The van der Waals surface area contributed by atoms with Gasteiger partial charge in [0.05, 0.1) is 12.0 Å². The molecule has 0 unspecified atom stereocenters. The third-order valence-electron chi connectivity index (χ3n) is 2.85. The fourth-order valence-electron chi connectivity index (χ4n) is 1.98. The first-order valence-corrected chi connectivity index (χ1v) is 10.8. The zero-order valence-corrected chi connectivity index (χ0v) is 16.2. The minimum absolute atomic E-state index is 0.745. The van der Waals surface area contributed by atoms with Gasteiger partial charge in [0.2, 0.25) is 0 Å². The Labute approximate surface area is 157 Å². The second-order valence-electron chi connectivity index (χ2n) is 4.14. The van der Waals surface area contributed by atoms with Gasteiger partial charge in [-0.15, -0.1) is 29.3 Å². The Morgan fingerprint density at radius 1 is 1.05 bits per heavy atom. The molecular weight excluding hydrogens is 542 g/mol. The van der Waals surface area contributed by atoms with Crippen molar-refractivity contribution in [2.45, 2.75) is 6.42 Å². The van der Waals surface area contributed by atoms with Gasteiger partial charge in [0.25, 0.3) is 0 Å². The zero-order chi connectivity index (χ0) is 15.1. The zero-order valence-electron chi connectivity index (χ0n) is 10.9. The van der Waals surface area contributed by atoms with Crippen LogP contribution in [0.5, 0.6) is 0 Å². The molecule has 0 fully saturated rings. The van der Waals surface area contributed by atoms with Crippen LogP contribution in [0.15, 0.2) is 57.6 Å². The first-order valence-electron chi connectivity index (χ1n) is 6.20. The molecule has 0 N–H and O–H groups in total. The number of furan rings is 2. The summed E-state index contributed by atoms with van der Waals surface area (Å²) in [4.78, 5) is 0. The van der Waals surface area contributed by atoms with E-state index >= 15 is 0 Å². The van der Waals surface area contributed by atoms with Gasteiger partial charge in [-0.05, 0) is 12.1 Å². The van der Waals surface area contributed by atoms with E-state index in [1.165, 1.54) is 0 Å². The molecule has 0 saturated heterocycles. The molecule has 2 aromatic heterocycles. The number of halogens is 2. The third kappa shape index (κ3) is 4.37. The summed E-state index contributed by atoms with van der Waals surface area (Å²) in [6.45, 7) is 0. The van der Waals surface area contributed by atoms with Crippen molar-refractivity contribution in [3.8, 4) is 22.6 Å². The Balaban J connectivity index is 0.000000774. The molecular formula is C16H12CuI2O2. The van der Waals surface area contributed by atoms with Crippen molar-refractivity contribution in [2.24, 2.45) is 0 Å². The monoisotopic (exact) mass is 553 g/mol. The van der Waals surface area contributed by atoms with Gasteiger partial charge in [-0.3, -0.25) is 0 Å². The Hall–Kier alpha value is -0.241. The van der Waals surface area contributed by atoms with Crippen LogP contribution in [0.2, 0.25) is 0 Å². The van der Waals surface area contributed by atoms with Crippen molar-refractivity contribution in [1.82, 2.24) is 0 Å². The van der Waals surface area contributed by atoms with E-state index in [2.05, 4.69) is 53.6 Å². The molecule has 3 rings (SSSR count). The fourth-order valence-corrected chi connectivity index (χ4v) is 2.47. The minimum atomic E-state index is 0.745. The molecule has 0 amide bonds. The second kappa shape index (κ2) is 9.02. The average Bonchev–Trinajstić information content (AvgIpc) is 3.19. The summed E-state index contributed by atoms with van der Waals surface area (Å²) in [7, 11) is 0. The van der Waals surface area contributed by atoms with E-state index in [-0.39, 0.29) is 0 Å². The molecule has 5 heteroatoms. The van der Waals surface area contributed by atoms with Crippen molar-refractivity contribution >= 4 is 42.9 Å². The maximum absolute atomic E-state index is 5.90. The Morgan fingerprint density at radius 3 is 2.43 bits per heavy atom. The number of alkyl halides is 1. The second-order valence-corrected chi connectivity index (χ2v) is 5.22. The molecule has 2 nitrogen and oxygen atoms in total. The summed E-state index contributed by atoms with van der Waals surface area (Å²) in [6, 6.07) is 17.3. The molecule has 113 valence electrons. The van der Waals surface area contributed by atoms with Crippen LogP contribution in [-0.2, 0) is 19.2 Å². The van der Waals surface area contributed by atoms with E-state index in [1.54, 1.807) is 26.6 Å². The molecule has 1 aromatic carbocycles. The van der Waals surface area contributed by atoms with E-state index in [9.17, 15) is 0 Å². The van der Waals surface area contributed by atoms with Gasteiger partial charge < -0.3 is 8.83 Å². The molecule has 21 heavy (non-hydrogen) atoms. The van der Waals surface area contributed by atoms with Gasteiger partial charge in [-0.1, -0.05) is 40.8 Å². The molecule has 0 saturated carbocycles. The summed E-state index contributed by atoms with van der Waals surface area (Å²) in [5.41, 5.74) is 2.06. The van der Waals surface area contributed by atoms with Gasteiger partial charge in [0.15, 0.2) is 0 Å². The van der Waals surface area contributed by atoms with Crippen LogP contribution in [-0.4, -0.2) is 4.43 Å². The van der Waals surface area contributed by atoms with Gasteiger partial charge in [0, 0.05) is 16.6 Å². The maximum atomic E-state index is 5.90. The number of aryl methyl sites for hydroxylation is 1. The average molecular weight is 554 g/mol. The summed E-state index contributed by atoms with van der Waals surface area (Å²) < 4.78 is 12.4. The third-order valence-corrected chi connectivity index (χ3v) is 3.39. The van der Waals surface area contributed by atoms with E-state index in [4.69, 9.17) is 8.83 Å². The standard InChI is InChI=1S/C16H12IO2.Cu.HI/c17-9-8-13-11-14(12-5-2-1-3-6-12)16(19-13)15-7-4-10-18-15;;/h1-7,10H,8-9H2;;1H/q-1;+2;/p-1. The van der Waals surface area contributed by atoms with Crippen LogP contribution in [0.4, 0.5) is 0 Å². The molecule has 0 aliphatic carbocycles. The SMILES string of the molecule is ICCc1[c-]c(-c2ccccc2)c(-c2ccco2)o1.[Cu+][I]. The van der Waals surface area contributed by atoms with Crippen LogP contribution >= 0.6 is 42.9 Å². The van der Waals surface area contributed by atoms with Crippen molar-refractivity contribution in [1.29, 1.82) is 0 Å². The van der Waals surface area contributed by atoms with Gasteiger partial charge >= 0.3 is 33.1 Å². The molecule has 0 bridgehead atoms.